The summed E-state index contributed by atoms with van der Waals surface area (Å²) in [6.07, 6.45) is 0. The number of nitrogens with zero attached hydrogens (tertiary/aromatic N) is 3. The number of anilines is 3. The van der Waals surface area contributed by atoms with Crippen LogP contribution < -0.4 is 10.6 Å². The fourth-order valence-electron chi connectivity index (χ4n) is 1.73. The molecule has 7 heteroatoms. The minimum absolute atomic E-state index is 0.0444. The van der Waals surface area contributed by atoms with Crippen LogP contribution >= 0.6 is 0 Å². The summed E-state index contributed by atoms with van der Waals surface area (Å²) in [5.41, 5.74) is 1.20. The van der Waals surface area contributed by atoms with Crippen LogP contribution in [0.1, 0.15) is 12.5 Å². The maximum atomic E-state index is 10.9. The van der Waals surface area contributed by atoms with Crippen molar-refractivity contribution in [2.75, 3.05) is 17.2 Å². The van der Waals surface area contributed by atoms with Crippen LogP contribution in [0.25, 0.3) is 0 Å². The van der Waals surface area contributed by atoms with Crippen LogP contribution in [-0.2, 0) is 0 Å². The molecule has 0 bridgehead atoms. The number of aromatic nitrogens is 1. The molecule has 2 aromatic rings. The van der Waals surface area contributed by atoms with Crippen LogP contribution in [0.5, 0.6) is 0 Å². The van der Waals surface area contributed by atoms with Gasteiger partial charge in [0.1, 0.15) is 11.6 Å². The molecule has 0 unspecified atom stereocenters. The molecule has 0 aliphatic carbocycles. The molecule has 0 saturated heterocycles. The summed E-state index contributed by atoms with van der Waals surface area (Å²) in [5.74, 6) is 0.799. The van der Waals surface area contributed by atoms with Crippen LogP contribution in [0.4, 0.5) is 23.0 Å². The Morgan fingerprint density at radius 3 is 2.52 bits per heavy atom. The third-order valence-corrected chi connectivity index (χ3v) is 2.67. The van der Waals surface area contributed by atoms with Crippen molar-refractivity contribution in [1.29, 1.82) is 5.26 Å². The molecule has 2 rings (SSSR count). The molecule has 1 aromatic carbocycles. The number of nitro groups is 1. The maximum Gasteiger partial charge on any atom is 0.276 e. The van der Waals surface area contributed by atoms with E-state index in [-0.39, 0.29) is 5.69 Å². The molecular weight excluding hydrogens is 270 g/mol. The second-order valence-corrected chi connectivity index (χ2v) is 4.20. The Kier molecular flexibility index (Phi) is 4.31. The van der Waals surface area contributed by atoms with Crippen molar-refractivity contribution >= 4 is 23.0 Å². The third-order valence-electron chi connectivity index (χ3n) is 2.67. The average molecular weight is 283 g/mol. The van der Waals surface area contributed by atoms with Gasteiger partial charge in [-0.15, -0.1) is 0 Å². The number of nitrogens with one attached hydrogen (secondary N) is 2. The summed E-state index contributed by atoms with van der Waals surface area (Å²) in [4.78, 5) is 14.7. The predicted octanol–water partition coefficient (Wildman–Crippen LogP) is 3.04. The normalized spacial score (nSPS) is 9.71. The standard InChI is InChI=1S/C14H13N5O2/c1-2-16-13-7-12(19(20)21)8-14(18-13)17-11-5-3-10(9-15)4-6-11/h3-8H,2H2,1H3,(H2,16,17,18). The van der Waals surface area contributed by atoms with Crippen LogP contribution in [0.2, 0.25) is 0 Å². The van der Waals surface area contributed by atoms with Gasteiger partial charge >= 0.3 is 0 Å². The highest BCUT2D eigenvalue weighted by atomic mass is 16.6. The van der Waals surface area contributed by atoms with E-state index in [1.807, 2.05) is 13.0 Å². The van der Waals surface area contributed by atoms with E-state index in [2.05, 4.69) is 15.6 Å². The van der Waals surface area contributed by atoms with E-state index in [4.69, 9.17) is 5.26 Å². The molecule has 1 heterocycles. The van der Waals surface area contributed by atoms with Crippen molar-refractivity contribution in [3.05, 3.63) is 52.1 Å². The van der Waals surface area contributed by atoms with Gasteiger partial charge in [0.05, 0.1) is 28.7 Å². The number of hydrogen-bond acceptors (Lipinski definition) is 6. The number of rotatable bonds is 5. The molecule has 2 N–H and O–H groups in total. The Bertz CT molecular complexity index is 692. The lowest BCUT2D eigenvalue weighted by Gasteiger charge is -2.08. The Morgan fingerprint density at radius 2 is 1.95 bits per heavy atom. The zero-order chi connectivity index (χ0) is 15.2. The van der Waals surface area contributed by atoms with Crippen LogP contribution in [0.15, 0.2) is 36.4 Å². The van der Waals surface area contributed by atoms with Gasteiger partial charge in [0.2, 0.25) is 0 Å². The minimum Gasteiger partial charge on any atom is -0.370 e. The van der Waals surface area contributed by atoms with Crippen LogP contribution in [0.3, 0.4) is 0 Å². The Morgan fingerprint density at radius 1 is 1.29 bits per heavy atom. The van der Waals surface area contributed by atoms with Crippen molar-refractivity contribution in [3.8, 4) is 6.07 Å². The van der Waals surface area contributed by atoms with Gasteiger partial charge in [-0.2, -0.15) is 5.26 Å². The van der Waals surface area contributed by atoms with Crippen LogP contribution in [0, 0.1) is 21.4 Å². The number of nitriles is 1. The minimum atomic E-state index is -0.466. The Balaban J connectivity index is 2.29. The van der Waals surface area contributed by atoms with Crippen molar-refractivity contribution in [3.63, 3.8) is 0 Å². The molecule has 1 aromatic heterocycles. The molecule has 0 aliphatic heterocycles. The summed E-state index contributed by atoms with van der Waals surface area (Å²) >= 11 is 0. The number of pyridine rings is 1. The maximum absolute atomic E-state index is 10.9. The van der Waals surface area contributed by atoms with E-state index in [1.165, 1.54) is 12.1 Å². The van der Waals surface area contributed by atoms with E-state index < -0.39 is 4.92 Å². The summed E-state index contributed by atoms with van der Waals surface area (Å²) in [5, 5.41) is 25.6. The molecule has 0 atom stereocenters. The first-order chi connectivity index (χ1) is 10.1. The van der Waals surface area contributed by atoms with Gasteiger partial charge in [-0.3, -0.25) is 10.1 Å². The van der Waals surface area contributed by atoms with Gasteiger partial charge in [-0.25, -0.2) is 4.98 Å². The highest BCUT2D eigenvalue weighted by molar-refractivity contribution is 5.62. The van der Waals surface area contributed by atoms with Gasteiger partial charge in [0.25, 0.3) is 5.69 Å². The van der Waals surface area contributed by atoms with Crippen molar-refractivity contribution < 1.29 is 4.92 Å². The molecule has 106 valence electrons. The summed E-state index contributed by atoms with van der Waals surface area (Å²) < 4.78 is 0. The van der Waals surface area contributed by atoms with Crippen LogP contribution in [-0.4, -0.2) is 16.5 Å². The van der Waals surface area contributed by atoms with Gasteiger partial charge < -0.3 is 10.6 Å². The van der Waals surface area contributed by atoms with Gasteiger partial charge in [-0.1, -0.05) is 0 Å². The van der Waals surface area contributed by atoms with Crippen molar-refractivity contribution in [1.82, 2.24) is 4.98 Å². The number of hydrogen-bond donors (Lipinski definition) is 2. The van der Waals surface area contributed by atoms with Crippen molar-refractivity contribution in [2.24, 2.45) is 0 Å². The molecule has 7 nitrogen and oxygen atoms in total. The molecule has 0 saturated carbocycles. The Hall–Kier alpha value is -3.14. The first-order valence-electron chi connectivity index (χ1n) is 6.30. The second kappa shape index (κ2) is 6.34. The highest BCUT2D eigenvalue weighted by Gasteiger charge is 2.11. The lowest BCUT2D eigenvalue weighted by Crippen LogP contribution is -2.03. The van der Waals surface area contributed by atoms with E-state index in [0.717, 1.165) is 0 Å². The fraction of sp³-hybridized carbons (Fsp3) is 0.143. The first kappa shape index (κ1) is 14.3. The zero-order valence-corrected chi connectivity index (χ0v) is 11.3. The summed E-state index contributed by atoms with van der Waals surface area (Å²) in [7, 11) is 0. The summed E-state index contributed by atoms with van der Waals surface area (Å²) in [6, 6.07) is 11.5. The number of benzene rings is 1. The molecule has 0 radical (unpaired) electrons. The van der Waals surface area contributed by atoms with E-state index in [9.17, 15) is 10.1 Å². The monoisotopic (exact) mass is 283 g/mol. The van der Waals surface area contributed by atoms with Gasteiger partial charge in [-0.05, 0) is 31.2 Å². The Labute approximate surface area is 121 Å². The van der Waals surface area contributed by atoms with Crippen molar-refractivity contribution in [2.45, 2.75) is 6.92 Å². The van der Waals surface area contributed by atoms with E-state index in [0.29, 0.717) is 29.4 Å². The van der Waals surface area contributed by atoms with E-state index in [1.54, 1.807) is 24.3 Å². The molecule has 0 fully saturated rings. The zero-order valence-electron chi connectivity index (χ0n) is 11.3. The smallest absolute Gasteiger partial charge is 0.276 e. The predicted molar refractivity (Wildman–Crippen MR) is 79.5 cm³/mol. The SMILES string of the molecule is CCNc1cc([N+](=O)[O-])cc(Nc2ccc(C#N)cc2)n1. The molecule has 21 heavy (non-hydrogen) atoms. The molecule has 0 spiro atoms. The molecular formula is C14H13N5O2. The fourth-order valence-corrected chi connectivity index (χ4v) is 1.73. The van der Waals surface area contributed by atoms with Gasteiger partial charge in [0.15, 0.2) is 0 Å². The lowest BCUT2D eigenvalue weighted by atomic mass is 10.2. The first-order valence-corrected chi connectivity index (χ1v) is 6.30. The lowest BCUT2D eigenvalue weighted by molar-refractivity contribution is -0.384. The summed E-state index contributed by atoms with van der Waals surface area (Å²) in [6.45, 7) is 2.50. The average Bonchev–Trinajstić information content (AvgIpc) is 2.48. The molecule has 0 amide bonds. The molecule has 0 aliphatic rings. The third kappa shape index (κ3) is 3.67. The topological polar surface area (TPSA) is 104 Å². The quantitative estimate of drug-likeness (QED) is 0.645. The van der Waals surface area contributed by atoms with E-state index >= 15 is 0 Å². The van der Waals surface area contributed by atoms with Gasteiger partial charge in [0, 0.05) is 12.2 Å². The largest absolute Gasteiger partial charge is 0.370 e. The second-order valence-electron chi connectivity index (χ2n) is 4.20. The highest BCUT2D eigenvalue weighted by Crippen LogP contribution is 2.23.